The molecule has 0 N–H and O–H groups in total. The van der Waals surface area contributed by atoms with Crippen molar-refractivity contribution < 1.29 is 0 Å². The second-order valence-electron chi connectivity index (χ2n) is 3.23. The fourth-order valence-corrected chi connectivity index (χ4v) is 1.48. The molecule has 0 aromatic carbocycles. The van der Waals surface area contributed by atoms with Crippen LogP contribution in [-0.4, -0.2) is 14.4 Å². The molecule has 0 spiro atoms. The minimum Gasteiger partial charge on any atom is -0.304 e. The Labute approximate surface area is 77.4 Å². The number of imidazole rings is 1. The second-order valence-corrected chi connectivity index (χ2v) is 3.23. The molecule has 0 aliphatic heterocycles. The van der Waals surface area contributed by atoms with Crippen LogP contribution in [0.1, 0.15) is 24.7 Å². The molecule has 0 fully saturated rings. The number of aryl methyl sites for hydroxylation is 2. The Morgan fingerprint density at radius 2 is 2.31 bits per heavy atom. The Bertz CT molecular complexity index is 417. The molecule has 3 heteroatoms. The maximum absolute atomic E-state index is 4.50. The van der Waals surface area contributed by atoms with Gasteiger partial charge in [-0.15, -0.1) is 0 Å². The van der Waals surface area contributed by atoms with Crippen molar-refractivity contribution >= 4 is 5.65 Å². The first-order valence-corrected chi connectivity index (χ1v) is 4.60. The molecule has 0 saturated carbocycles. The van der Waals surface area contributed by atoms with E-state index in [9.17, 15) is 0 Å². The Kier molecular flexibility index (Phi) is 2.00. The molecule has 68 valence electrons. The van der Waals surface area contributed by atoms with Gasteiger partial charge in [-0.1, -0.05) is 13.3 Å². The minimum atomic E-state index is 0.978. The molecule has 0 amide bonds. The van der Waals surface area contributed by atoms with Crippen molar-refractivity contribution in [1.82, 2.24) is 14.4 Å². The van der Waals surface area contributed by atoms with Crippen LogP contribution in [-0.2, 0) is 6.42 Å². The first kappa shape index (κ1) is 8.23. The molecule has 2 aromatic rings. The molecule has 0 atom stereocenters. The molecule has 0 unspecified atom stereocenters. The van der Waals surface area contributed by atoms with E-state index in [1.165, 1.54) is 0 Å². The van der Waals surface area contributed by atoms with Crippen LogP contribution in [0.5, 0.6) is 0 Å². The van der Waals surface area contributed by atoms with Gasteiger partial charge >= 0.3 is 0 Å². The molecule has 2 aromatic heterocycles. The van der Waals surface area contributed by atoms with E-state index in [1.807, 2.05) is 17.5 Å². The summed E-state index contributed by atoms with van der Waals surface area (Å²) < 4.78 is 2.04. The summed E-state index contributed by atoms with van der Waals surface area (Å²) in [6, 6.07) is 0. The molecule has 0 aliphatic carbocycles. The Hall–Kier alpha value is -1.38. The molecule has 0 radical (unpaired) electrons. The van der Waals surface area contributed by atoms with Gasteiger partial charge in [0.1, 0.15) is 0 Å². The smallest absolute Gasteiger partial charge is 0.158 e. The van der Waals surface area contributed by atoms with E-state index in [4.69, 9.17) is 0 Å². The summed E-state index contributed by atoms with van der Waals surface area (Å²) in [7, 11) is 0. The topological polar surface area (TPSA) is 30.2 Å². The molecule has 0 aliphatic rings. The zero-order valence-electron chi connectivity index (χ0n) is 7.99. The van der Waals surface area contributed by atoms with Gasteiger partial charge in [-0.25, -0.2) is 4.98 Å². The van der Waals surface area contributed by atoms with Gasteiger partial charge in [-0.2, -0.15) is 0 Å². The van der Waals surface area contributed by atoms with Crippen LogP contribution in [0.15, 0.2) is 18.6 Å². The summed E-state index contributed by atoms with van der Waals surface area (Å²) in [5.74, 6) is 0. The number of aromatic nitrogens is 3. The lowest BCUT2D eigenvalue weighted by atomic mass is 10.3. The van der Waals surface area contributed by atoms with E-state index in [0.29, 0.717) is 0 Å². The molecule has 0 saturated heterocycles. The standard InChI is InChI=1S/C10H13N3/c1-3-4-9-7-13-6-5-11-8(2)10(13)12-9/h5-7H,3-4H2,1-2H3. The Morgan fingerprint density at radius 1 is 1.46 bits per heavy atom. The predicted molar refractivity (Wildman–Crippen MR) is 51.7 cm³/mol. The molecule has 2 rings (SSSR count). The zero-order chi connectivity index (χ0) is 9.26. The fourth-order valence-electron chi connectivity index (χ4n) is 1.48. The van der Waals surface area contributed by atoms with Crippen molar-refractivity contribution in [3.05, 3.63) is 30.0 Å². The van der Waals surface area contributed by atoms with Gasteiger partial charge in [0.2, 0.25) is 0 Å². The summed E-state index contributed by atoms with van der Waals surface area (Å²) >= 11 is 0. The monoisotopic (exact) mass is 175 g/mol. The summed E-state index contributed by atoms with van der Waals surface area (Å²) in [4.78, 5) is 8.70. The van der Waals surface area contributed by atoms with Gasteiger partial charge in [0.15, 0.2) is 5.65 Å². The minimum absolute atomic E-state index is 0.978. The predicted octanol–water partition coefficient (Wildman–Crippen LogP) is 1.99. The van der Waals surface area contributed by atoms with Gasteiger partial charge in [-0.3, -0.25) is 4.98 Å². The van der Waals surface area contributed by atoms with Gasteiger partial charge in [-0.05, 0) is 13.3 Å². The van der Waals surface area contributed by atoms with Crippen LogP contribution >= 0.6 is 0 Å². The van der Waals surface area contributed by atoms with Crippen LogP contribution in [0.3, 0.4) is 0 Å². The van der Waals surface area contributed by atoms with Crippen molar-refractivity contribution in [3.8, 4) is 0 Å². The van der Waals surface area contributed by atoms with E-state index >= 15 is 0 Å². The van der Waals surface area contributed by atoms with Crippen molar-refractivity contribution in [2.45, 2.75) is 26.7 Å². The van der Waals surface area contributed by atoms with Gasteiger partial charge in [0.05, 0.1) is 11.4 Å². The van der Waals surface area contributed by atoms with Crippen LogP contribution in [0.4, 0.5) is 0 Å². The lowest BCUT2D eigenvalue weighted by Crippen LogP contribution is -1.88. The number of rotatable bonds is 2. The van der Waals surface area contributed by atoms with Crippen molar-refractivity contribution in [1.29, 1.82) is 0 Å². The number of fused-ring (bicyclic) bond motifs is 1. The van der Waals surface area contributed by atoms with Crippen LogP contribution < -0.4 is 0 Å². The first-order valence-electron chi connectivity index (χ1n) is 4.60. The van der Waals surface area contributed by atoms with E-state index in [1.54, 1.807) is 6.20 Å². The summed E-state index contributed by atoms with van der Waals surface area (Å²) in [6.45, 7) is 4.15. The third kappa shape index (κ3) is 1.41. The largest absolute Gasteiger partial charge is 0.304 e. The highest BCUT2D eigenvalue weighted by Gasteiger charge is 2.02. The highest BCUT2D eigenvalue weighted by molar-refractivity contribution is 5.43. The van der Waals surface area contributed by atoms with Gasteiger partial charge < -0.3 is 4.40 Å². The van der Waals surface area contributed by atoms with Gasteiger partial charge in [0.25, 0.3) is 0 Å². The first-order chi connectivity index (χ1) is 6.31. The lowest BCUT2D eigenvalue weighted by molar-refractivity contribution is 0.893. The van der Waals surface area contributed by atoms with E-state index in [-0.39, 0.29) is 0 Å². The Balaban J connectivity index is 2.55. The maximum atomic E-state index is 4.50. The van der Waals surface area contributed by atoms with Crippen molar-refractivity contribution in [3.63, 3.8) is 0 Å². The third-order valence-corrected chi connectivity index (χ3v) is 2.11. The molecule has 13 heavy (non-hydrogen) atoms. The summed E-state index contributed by atoms with van der Waals surface area (Å²) in [5.41, 5.74) is 3.12. The third-order valence-electron chi connectivity index (χ3n) is 2.11. The van der Waals surface area contributed by atoms with Crippen LogP contribution in [0.25, 0.3) is 5.65 Å². The summed E-state index contributed by atoms with van der Waals surface area (Å²) in [5, 5.41) is 0. The molecular weight excluding hydrogens is 162 g/mol. The lowest BCUT2D eigenvalue weighted by Gasteiger charge is -1.93. The quantitative estimate of drug-likeness (QED) is 0.698. The van der Waals surface area contributed by atoms with E-state index in [0.717, 1.165) is 29.9 Å². The zero-order valence-corrected chi connectivity index (χ0v) is 7.99. The van der Waals surface area contributed by atoms with E-state index in [2.05, 4.69) is 23.1 Å². The SMILES string of the molecule is CCCc1cn2ccnc(C)c2n1. The molecule has 0 bridgehead atoms. The second kappa shape index (κ2) is 3.17. The van der Waals surface area contributed by atoms with Crippen LogP contribution in [0, 0.1) is 6.92 Å². The highest BCUT2D eigenvalue weighted by Crippen LogP contribution is 2.08. The van der Waals surface area contributed by atoms with Gasteiger partial charge in [0, 0.05) is 18.6 Å². The molecule has 2 heterocycles. The number of hydrogen-bond acceptors (Lipinski definition) is 2. The van der Waals surface area contributed by atoms with Crippen LogP contribution in [0.2, 0.25) is 0 Å². The van der Waals surface area contributed by atoms with Crippen molar-refractivity contribution in [2.75, 3.05) is 0 Å². The van der Waals surface area contributed by atoms with Crippen molar-refractivity contribution in [2.24, 2.45) is 0 Å². The summed E-state index contributed by atoms with van der Waals surface area (Å²) in [6.07, 6.45) is 8.00. The highest BCUT2D eigenvalue weighted by atomic mass is 15.0. The maximum Gasteiger partial charge on any atom is 0.158 e. The molecule has 3 nitrogen and oxygen atoms in total. The number of hydrogen-bond donors (Lipinski definition) is 0. The average molecular weight is 175 g/mol. The number of nitrogens with zero attached hydrogens (tertiary/aromatic N) is 3. The van der Waals surface area contributed by atoms with E-state index < -0.39 is 0 Å². The fraction of sp³-hybridized carbons (Fsp3) is 0.400. The normalized spacial score (nSPS) is 10.9. The Morgan fingerprint density at radius 3 is 3.00 bits per heavy atom. The average Bonchev–Trinajstić information content (AvgIpc) is 2.49. The molecular formula is C10H13N3.